The predicted octanol–water partition coefficient (Wildman–Crippen LogP) is 3.09. The number of imide groups is 1. The number of carbonyl (C=O) groups excluding carboxylic acids is 4. The van der Waals surface area contributed by atoms with Gasteiger partial charge in [0.2, 0.25) is 5.91 Å². The molecule has 1 aliphatic heterocycles. The number of benzene rings is 2. The van der Waals surface area contributed by atoms with E-state index in [0.717, 1.165) is 12.1 Å². The molecule has 12 heteroatoms. The summed E-state index contributed by atoms with van der Waals surface area (Å²) in [6.07, 6.45) is -4.87. The minimum absolute atomic E-state index is 0.198. The van der Waals surface area contributed by atoms with Crippen LogP contribution < -0.4 is 15.4 Å². The molecule has 1 atom stereocenters. The van der Waals surface area contributed by atoms with Crippen molar-refractivity contribution in [1.29, 1.82) is 0 Å². The SMILES string of the molecule is COC(=O)c1ccc(C)c(NC(=O)CN2C(=O)NC(C)(c3ccc(OC(F)(F)F)cc3)C2=O)c1. The highest BCUT2D eigenvalue weighted by atomic mass is 19.4. The Morgan fingerprint density at radius 2 is 1.76 bits per heavy atom. The smallest absolute Gasteiger partial charge is 0.465 e. The van der Waals surface area contributed by atoms with E-state index in [1.165, 1.54) is 38.3 Å². The number of esters is 1. The molecule has 2 aromatic rings. The zero-order valence-electron chi connectivity index (χ0n) is 18.3. The minimum Gasteiger partial charge on any atom is -0.465 e. The third kappa shape index (κ3) is 5.11. The average Bonchev–Trinajstić information content (AvgIpc) is 2.98. The van der Waals surface area contributed by atoms with E-state index in [0.29, 0.717) is 16.2 Å². The Kier molecular flexibility index (Phi) is 6.53. The van der Waals surface area contributed by atoms with Gasteiger partial charge in [-0.15, -0.1) is 13.2 Å². The van der Waals surface area contributed by atoms with Gasteiger partial charge in [-0.3, -0.25) is 14.5 Å². The number of alkyl halides is 3. The Balaban J connectivity index is 1.73. The Morgan fingerprint density at radius 1 is 1.12 bits per heavy atom. The quantitative estimate of drug-likeness (QED) is 0.486. The van der Waals surface area contributed by atoms with Crippen LogP contribution in [0.1, 0.15) is 28.4 Å². The fraction of sp³-hybridized carbons (Fsp3) is 0.273. The molecule has 1 unspecified atom stereocenters. The average molecular weight is 479 g/mol. The highest BCUT2D eigenvalue weighted by Crippen LogP contribution is 2.31. The fourth-order valence-electron chi connectivity index (χ4n) is 3.36. The number of hydrogen-bond acceptors (Lipinski definition) is 6. The third-order valence-corrected chi connectivity index (χ3v) is 5.17. The molecule has 1 saturated heterocycles. The molecule has 2 N–H and O–H groups in total. The van der Waals surface area contributed by atoms with E-state index >= 15 is 0 Å². The highest BCUT2D eigenvalue weighted by molar-refractivity contribution is 6.10. The van der Waals surface area contributed by atoms with Crippen molar-refractivity contribution in [2.75, 3.05) is 19.0 Å². The molecular formula is C22H20F3N3O6. The van der Waals surface area contributed by atoms with Crippen molar-refractivity contribution in [1.82, 2.24) is 10.2 Å². The summed E-state index contributed by atoms with van der Waals surface area (Å²) in [6.45, 7) is 2.43. The zero-order chi connectivity index (χ0) is 25.3. The van der Waals surface area contributed by atoms with Crippen molar-refractivity contribution in [3.63, 3.8) is 0 Å². The lowest BCUT2D eigenvalue weighted by Gasteiger charge is -2.22. The van der Waals surface area contributed by atoms with E-state index in [1.54, 1.807) is 13.0 Å². The van der Waals surface area contributed by atoms with Crippen LogP contribution in [-0.2, 0) is 19.9 Å². The van der Waals surface area contributed by atoms with Crippen molar-refractivity contribution >= 4 is 29.5 Å². The minimum atomic E-state index is -4.87. The first-order valence-corrected chi connectivity index (χ1v) is 9.83. The number of nitrogens with one attached hydrogen (secondary N) is 2. The van der Waals surface area contributed by atoms with Gasteiger partial charge in [-0.1, -0.05) is 18.2 Å². The number of hydrogen-bond donors (Lipinski definition) is 2. The molecule has 0 aliphatic carbocycles. The first-order valence-electron chi connectivity index (χ1n) is 9.83. The van der Waals surface area contributed by atoms with Gasteiger partial charge >= 0.3 is 18.4 Å². The van der Waals surface area contributed by atoms with Crippen molar-refractivity contribution < 1.29 is 41.8 Å². The zero-order valence-corrected chi connectivity index (χ0v) is 18.3. The van der Waals surface area contributed by atoms with Gasteiger partial charge in [-0.05, 0) is 49.2 Å². The topological polar surface area (TPSA) is 114 Å². The van der Waals surface area contributed by atoms with Crippen LogP contribution in [0.3, 0.4) is 0 Å². The van der Waals surface area contributed by atoms with Crippen LogP contribution in [-0.4, -0.2) is 48.7 Å². The van der Waals surface area contributed by atoms with E-state index in [1.807, 2.05) is 0 Å². The summed E-state index contributed by atoms with van der Waals surface area (Å²) in [5.74, 6) is -2.56. The molecule has 3 rings (SSSR count). The molecule has 1 heterocycles. The number of nitrogens with zero attached hydrogens (tertiary/aromatic N) is 1. The summed E-state index contributed by atoms with van der Waals surface area (Å²) in [5, 5.41) is 5.01. The fourth-order valence-corrected chi connectivity index (χ4v) is 3.36. The van der Waals surface area contributed by atoms with Crippen molar-refractivity contribution in [3.05, 3.63) is 59.2 Å². The molecule has 0 spiro atoms. The highest BCUT2D eigenvalue weighted by Gasteiger charge is 2.49. The lowest BCUT2D eigenvalue weighted by atomic mass is 9.92. The number of ether oxygens (including phenoxy) is 2. The molecule has 180 valence electrons. The van der Waals surface area contributed by atoms with E-state index in [2.05, 4.69) is 20.1 Å². The molecule has 34 heavy (non-hydrogen) atoms. The van der Waals surface area contributed by atoms with Crippen LogP contribution in [0.15, 0.2) is 42.5 Å². The van der Waals surface area contributed by atoms with Crippen LogP contribution in [0.4, 0.5) is 23.7 Å². The summed E-state index contributed by atoms with van der Waals surface area (Å²) in [6, 6.07) is 8.12. The van der Waals surface area contributed by atoms with E-state index in [9.17, 15) is 32.3 Å². The largest absolute Gasteiger partial charge is 0.573 e. The maximum atomic E-state index is 13.0. The molecular weight excluding hydrogens is 459 g/mol. The van der Waals surface area contributed by atoms with Crippen LogP contribution >= 0.6 is 0 Å². The molecule has 1 aliphatic rings. The number of methoxy groups -OCH3 is 1. The molecule has 2 aromatic carbocycles. The van der Waals surface area contributed by atoms with Gasteiger partial charge in [-0.2, -0.15) is 0 Å². The normalized spacial score (nSPS) is 17.9. The van der Waals surface area contributed by atoms with Gasteiger partial charge in [0.05, 0.1) is 12.7 Å². The van der Waals surface area contributed by atoms with Crippen LogP contribution in [0, 0.1) is 6.92 Å². The maximum Gasteiger partial charge on any atom is 0.573 e. The van der Waals surface area contributed by atoms with Crippen molar-refractivity contribution in [2.24, 2.45) is 0 Å². The Bertz CT molecular complexity index is 1150. The first-order chi connectivity index (χ1) is 15.8. The third-order valence-electron chi connectivity index (χ3n) is 5.17. The number of amides is 4. The summed E-state index contributed by atoms with van der Waals surface area (Å²) < 4.78 is 45.5. The Labute approximate surface area is 191 Å². The molecule has 1 fully saturated rings. The van der Waals surface area contributed by atoms with Crippen LogP contribution in [0.5, 0.6) is 5.75 Å². The van der Waals surface area contributed by atoms with Gasteiger partial charge < -0.3 is 20.1 Å². The van der Waals surface area contributed by atoms with Gasteiger partial charge in [0.25, 0.3) is 5.91 Å². The van der Waals surface area contributed by atoms with E-state index < -0.39 is 48.0 Å². The summed E-state index contributed by atoms with van der Waals surface area (Å²) in [7, 11) is 1.21. The molecule has 0 aromatic heterocycles. The second-order valence-electron chi connectivity index (χ2n) is 7.59. The standard InChI is InChI=1S/C22H20F3N3O6/c1-12-4-5-13(18(30)33-3)10-16(12)26-17(29)11-28-19(31)21(2,27-20(28)32)14-6-8-15(9-7-14)34-22(23,24)25/h4-10H,11H2,1-3H3,(H,26,29)(H,27,32). The second-order valence-corrected chi connectivity index (χ2v) is 7.59. The number of anilines is 1. The molecule has 0 saturated carbocycles. The molecule has 0 bridgehead atoms. The molecule has 0 radical (unpaired) electrons. The van der Waals surface area contributed by atoms with Gasteiger partial charge in [0.1, 0.15) is 17.8 Å². The number of halogens is 3. The monoisotopic (exact) mass is 479 g/mol. The van der Waals surface area contributed by atoms with Crippen LogP contribution in [0.25, 0.3) is 0 Å². The van der Waals surface area contributed by atoms with E-state index in [-0.39, 0.29) is 11.1 Å². The lowest BCUT2D eigenvalue weighted by molar-refractivity contribution is -0.274. The summed E-state index contributed by atoms with van der Waals surface area (Å²) in [4.78, 5) is 50.4. The molecule has 4 amide bonds. The van der Waals surface area contributed by atoms with E-state index in [4.69, 9.17) is 0 Å². The van der Waals surface area contributed by atoms with Crippen molar-refractivity contribution in [2.45, 2.75) is 25.7 Å². The maximum absolute atomic E-state index is 13.0. The second kappa shape index (κ2) is 9.04. The Morgan fingerprint density at radius 3 is 2.35 bits per heavy atom. The number of urea groups is 1. The number of aryl methyl sites for hydroxylation is 1. The van der Waals surface area contributed by atoms with Gasteiger partial charge in [0.15, 0.2) is 0 Å². The Hall–Kier alpha value is -4.09. The first kappa shape index (κ1) is 24.6. The number of carbonyl (C=O) groups is 4. The van der Waals surface area contributed by atoms with Gasteiger partial charge in [-0.25, -0.2) is 9.59 Å². The lowest BCUT2D eigenvalue weighted by Crippen LogP contribution is -2.42. The summed E-state index contributed by atoms with van der Waals surface area (Å²) in [5.41, 5.74) is -0.282. The van der Waals surface area contributed by atoms with Crippen molar-refractivity contribution in [3.8, 4) is 5.75 Å². The van der Waals surface area contributed by atoms with Crippen LogP contribution in [0.2, 0.25) is 0 Å². The van der Waals surface area contributed by atoms with Gasteiger partial charge in [0, 0.05) is 5.69 Å². The predicted molar refractivity (Wildman–Crippen MR) is 112 cm³/mol. The summed E-state index contributed by atoms with van der Waals surface area (Å²) >= 11 is 0. The number of rotatable bonds is 6. The molecule has 9 nitrogen and oxygen atoms in total.